The zero-order chi connectivity index (χ0) is 18.0. The van der Waals surface area contributed by atoms with Crippen LogP contribution < -0.4 is 10.6 Å². The number of aliphatic imine (C=N–C) groups is 1. The highest BCUT2D eigenvalue weighted by atomic mass is 127. The van der Waals surface area contributed by atoms with Gasteiger partial charge in [0.1, 0.15) is 0 Å². The summed E-state index contributed by atoms with van der Waals surface area (Å²) in [5.41, 5.74) is -0.591. The van der Waals surface area contributed by atoms with Gasteiger partial charge in [0, 0.05) is 31.7 Å². The van der Waals surface area contributed by atoms with Gasteiger partial charge < -0.3 is 15.7 Å². The minimum absolute atomic E-state index is 0. The number of hydrogen-bond acceptors (Lipinski definition) is 3. The molecule has 0 aliphatic heterocycles. The van der Waals surface area contributed by atoms with E-state index in [2.05, 4.69) is 55.1 Å². The van der Waals surface area contributed by atoms with Crippen molar-refractivity contribution in [2.24, 2.45) is 4.99 Å². The molecular weight excluding hydrogens is 427 g/mol. The maximum atomic E-state index is 10.6. The first kappa shape index (κ1) is 24.9. The zero-order valence-electron chi connectivity index (χ0n) is 17.0. The lowest BCUT2D eigenvalue weighted by molar-refractivity contribution is 0.0131. The van der Waals surface area contributed by atoms with E-state index in [0.29, 0.717) is 18.6 Å². The Morgan fingerprint density at radius 2 is 1.68 bits per heavy atom. The van der Waals surface area contributed by atoms with Crippen molar-refractivity contribution in [1.82, 2.24) is 15.5 Å². The van der Waals surface area contributed by atoms with Crippen LogP contribution in [0.3, 0.4) is 0 Å². The van der Waals surface area contributed by atoms with Gasteiger partial charge in [0.05, 0.1) is 12.1 Å². The number of guanidine groups is 1. The van der Waals surface area contributed by atoms with E-state index in [4.69, 9.17) is 0 Å². The van der Waals surface area contributed by atoms with Crippen molar-refractivity contribution in [1.29, 1.82) is 0 Å². The second-order valence-electron chi connectivity index (χ2n) is 7.69. The molecule has 1 aliphatic carbocycles. The van der Waals surface area contributed by atoms with Crippen molar-refractivity contribution in [3.05, 3.63) is 0 Å². The third kappa shape index (κ3) is 9.99. The summed E-state index contributed by atoms with van der Waals surface area (Å²) in [4.78, 5) is 7.14. The molecule has 0 amide bonds. The molecule has 0 radical (unpaired) electrons. The zero-order valence-corrected chi connectivity index (χ0v) is 19.3. The Morgan fingerprint density at radius 3 is 2.20 bits per heavy atom. The summed E-state index contributed by atoms with van der Waals surface area (Å²) < 4.78 is 0. The molecule has 0 saturated heterocycles. The number of rotatable bonds is 9. The number of nitrogens with zero attached hydrogens (tertiary/aromatic N) is 2. The van der Waals surface area contributed by atoms with Gasteiger partial charge in [-0.3, -0.25) is 9.89 Å². The quantitative estimate of drug-likeness (QED) is 0.210. The molecule has 3 N–H and O–H groups in total. The molecule has 0 aromatic carbocycles. The Labute approximate surface area is 172 Å². The minimum Gasteiger partial charge on any atom is -0.388 e. The molecular formula is C19H41IN4O. The number of aliphatic hydroxyl groups is 1. The number of nitrogens with one attached hydrogen (secondary N) is 2. The van der Waals surface area contributed by atoms with E-state index < -0.39 is 5.60 Å². The predicted molar refractivity (Wildman–Crippen MR) is 119 cm³/mol. The highest BCUT2D eigenvalue weighted by molar-refractivity contribution is 14.0. The van der Waals surface area contributed by atoms with Crippen LogP contribution in [0.25, 0.3) is 0 Å². The first-order chi connectivity index (χ1) is 11.4. The van der Waals surface area contributed by atoms with Gasteiger partial charge in [0.25, 0.3) is 0 Å². The van der Waals surface area contributed by atoms with E-state index in [1.807, 2.05) is 0 Å². The average molecular weight is 468 g/mol. The van der Waals surface area contributed by atoms with Crippen molar-refractivity contribution in [2.45, 2.75) is 90.8 Å². The molecule has 0 bridgehead atoms. The normalized spacial score (nSPS) is 17.7. The average Bonchev–Trinajstić information content (AvgIpc) is 2.52. The Bertz CT molecular complexity index is 360. The lowest BCUT2D eigenvalue weighted by atomic mass is 9.85. The molecule has 0 spiro atoms. The SMILES string of the molecule is CCNC(=NCC1(O)CCCCC1)NCCCN(C(C)C)C(C)C.I. The van der Waals surface area contributed by atoms with Gasteiger partial charge >= 0.3 is 0 Å². The topological polar surface area (TPSA) is 59.9 Å². The van der Waals surface area contributed by atoms with Gasteiger partial charge in [-0.2, -0.15) is 0 Å². The summed E-state index contributed by atoms with van der Waals surface area (Å²) in [5, 5.41) is 17.3. The first-order valence-corrected chi connectivity index (χ1v) is 9.88. The number of hydrogen-bond donors (Lipinski definition) is 3. The molecule has 1 saturated carbocycles. The smallest absolute Gasteiger partial charge is 0.191 e. The van der Waals surface area contributed by atoms with Crippen LogP contribution in [0.1, 0.15) is 73.1 Å². The minimum atomic E-state index is -0.591. The fraction of sp³-hybridized carbons (Fsp3) is 0.947. The van der Waals surface area contributed by atoms with E-state index >= 15 is 0 Å². The van der Waals surface area contributed by atoms with Crippen LogP contribution in [0, 0.1) is 0 Å². The molecule has 1 fully saturated rings. The summed E-state index contributed by atoms with van der Waals surface area (Å²) in [7, 11) is 0. The Kier molecular flexibility index (Phi) is 13.1. The molecule has 1 rings (SSSR count). The van der Waals surface area contributed by atoms with Crippen LogP contribution in [0.15, 0.2) is 4.99 Å². The molecule has 25 heavy (non-hydrogen) atoms. The molecule has 1 aliphatic rings. The molecule has 0 aromatic heterocycles. The fourth-order valence-electron chi connectivity index (χ4n) is 3.52. The van der Waals surface area contributed by atoms with E-state index in [1.54, 1.807) is 0 Å². The second-order valence-corrected chi connectivity index (χ2v) is 7.69. The van der Waals surface area contributed by atoms with Crippen molar-refractivity contribution < 1.29 is 5.11 Å². The van der Waals surface area contributed by atoms with Crippen molar-refractivity contribution >= 4 is 29.9 Å². The Hall–Kier alpha value is -0.0800. The molecule has 0 heterocycles. The third-order valence-electron chi connectivity index (χ3n) is 4.87. The van der Waals surface area contributed by atoms with E-state index in [-0.39, 0.29) is 24.0 Å². The van der Waals surface area contributed by atoms with Crippen LogP contribution in [0.5, 0.6) is 0 Å². The third-order valence-corrected chi connectivity index (χ3v) is 4.87. The molecule has 0 atom stereocenters. The maximum absolute atomic E-state index is 10.6. The van der Waals surface area contributed by atoms with Gasteiger partial charge in [-0.05, 0) is 53.9 Å². The molecule has 0 unspecified atom stereocenters. The monoisotopic (exact) mass is 468 g/mol. The van der Waals surface area contributed by atoms with Crippen LogP contribution in [-0.4, -0.2) is 59.8 Å². The van der Waals surface area contributed by atoms with Gasteiger partial charge in [-0.1, -0.05) is 19.3 Å². The molecule has 6 heteroatoms. The van der Waals surface area contributed by atoms with Gasteiger partial charge in [-0.25, -0.2) is 0 Å². The molecule has 0 aromatic rings. The standard InChI is InChI=1S/C19H40N4O.HI/c1-6-20-18(22-15-19(24)11-8-7-9-12-19)21-13-10-14-23(16(2)3)17(4)5;/h16-17,24H,6-15H2,1-5H3,(H2,20,21,22);1H. The van der Waals surface area contributed by atoms with Gasteiger partial charge in [-0.15, -0.1) is 24.0 Å². The van der Waals surface area contributed by atoms with E-state index in [9.17, 15) is 5.11 Å². The summed E-state index contributed by atoms with van der Waals surface area (Å²) in [5.74, 6) is 0.831. The predicted octanol–water partition coefficient (Wildman–Crippen LogP) is 3.36. The van der Waals surface area contributed by atoms with Crippen LogP contribution in [-0.2, 0) is 0 Å². The van der Waals surface area contributed by atoms with Crippen molar-refractivity contribution in [3.63, 3.8) is 0 Å². The highest BCUT2D eigenvalue weighted by Crippen LogP contribution is 2.28. The lowest BCUT2D eigenvalue weighted by Crippen LogP contribution is -2.42. The van der Waals surface area contributed by atoms with Gasteiger partial charge in [0.2, 0.25) is 0 Å². The van der Waals surface area contributed by atoms with Gasteiger partial charge in [0.15, 0.2) is 5.96 Å². The summed E-state index contributed by atoms with van der Waals surface area (Å²) in [6, 6.07) is 1.15. The molecule has 150 valence electrons. The van der Waals surface area contributed by atoms with Crippen molar-refractivity contribution in [3.8, 4) is 0 Å². The summed E-state index contributed by atoms with van der Waals surface area (Å²) in [6.45, 7) is 14.4. The lowest BCUT2D eigenvalue weighted by Gasteiger charge is -2.31. The van der Waals surface area contributed by atoms with Crippen molar-refractivity contribution in [2.75, 3.05) is 26.2 Å². The van der Waals surface area contributed by atoms with E-state index in [0.717, 1.165) is 57.7 Å². The molecule has 5 nitrogen and oxygen atoms in total. The largest absolute Gasteiger partial charge is 0.388 e. The second kappa shape index (κ2) is 13.1. The van der Waals surface area contributed by atoms with E-state index in [1.165, 1.54) is 6.42 Å². The maximum Gasteiger partial charge on any atom is 0.191 e. The summed E-state index contributed by atoms with van der Waals surface area (Å²) >= 11 is 0. The Morgan fingerprint density at radius 1 is 1.08 bits per heavy atom. The highest BCUT2D eigenvalue weighted by Gasteiger charge is 2.28. The fourth-order valence-corrected chi connectivity index (χ4v) is 3.52. The Balaban J connectivity index is 0.00000576. The summed E-state index contributed by atoms with van der Waals surface area (Å²) in [6.07, 6.45) is 6.34. The van der Waals surface area contributed by atoms with Crippen LogP contribution in [0.2, 0.25) is 0 Å². The first-order valence-electron chi connectivity index (χ1n) is 9.88. The van der Waals surface area contributed by atoms with Crippen LogP contribution >= 0.6 is 24.0 Å². The van der Waals surface area contributed by atoms with Crippen LogP contribution in [0.4, 0.5) is 0 Å². The number of halogens is 1.